The van der Waals surface area contributed by atoms with E-state index < -0.39 is 0 Å². The van der Waals surface area contributed by atoms with Crippen LogP contribution in [0.25, 0.3) is 0 Å². The number of nitrogens with one attached hydrogen (secondary N) is 2. The lowest BCUT2D eigenvalue weighted by molar-refractivity contribution is 0.274. The Morgan fingerprint density at radius 3 is 2.30 bits per heavy atom. The summed E-state index contributed by atoms with van der Waals surface area (Å²) in [7, 11) is 0. The van der Waals surface area contributed by atoms with Crippen molar-refractivity contribution in [2.24, 2.45) is 11.3 Å². The van der Waals surface area contributed by atoms with Crippen molar-refractivity contribution in [3.05, 3.63) is 11.9 Å². The van der Waals surface area contributed by atoms with Crippen molar-refractivity contribution in [3.63, 3.8) is 0 Å². The largest absolute Gasteiger partial charge is 0.370 e. The van der Waals surface area contributed by atoms with Gasteiger partial charge in [0.25, 0.3) is 0 Å². The number of aromatic nitrogens is 2. The Balaban J connectivity index is 2.06. The van der Waals surface area contributed by atoms with Crippen LogP contribution < -0.4 is 10.6 Å². The standard InChI is InChI=1S/C16H28N4/c1-6-17-13-9-14(18-10-11(2)16(3,4)5)20-15(19-13)12-7-8-12/h9,11-12H,6-8,10H2,1-5H3,(H2,17,18,19,20). The second-order valence-corrected chi connectivity index (χ2v) is 6.95. The van der Waals surface area contributed by atoms with Crippen molar-refractivity contribution < 1.29 is 0 Å². The van der Waals surface area contributed by atoms with Crippen LogP contribution in [0.4, 0.5) is 11.6 Å². The summed E-state index contributed by atoms with van der Waals surface area (Å²) in [6, 6.07) is 2.02. The molecule has 112 valence electrons. The van der Waals surface area contributed by atoms with E-state index in [0.717, 1.165) is 30.5 Å². The van der Waals surface area contributed by atoms with Gasteiger partial charge in [-0.1, -0.05) is 27.7 Å². The van der Waals surface area contributed by atoms with E-state index in [1.54, 1.807) is 0 Å². The van der Waals surface area contributed by atoms with Crippen molar-refractivity contribution in [2.45, 2.75) is 53.4 Å². The first-order valence-corrected chi connectivity index (χ1v) is 7.77. The van der Waals surface area contributed by atoms with Crippen LogP contribution in [0.1, 0.15) is 59.2 Å². The lowest BCUT2D eigenvalue weighted by atomic mass is 9.82. The summed E-state index contributed by atoms with van der Waals surface area (Å²) in [6.07, 6.45) is 2.46. The molecule has 1 saturated carbocycles. The number of anilines is 2. The summed E-state index contributed by atoms with van der Waals surface area (Å²) in [5.74, 6) is 4.05. The van der Waals surface area contributed by atoms with E-state index in [1.807, 2.05) is 6.07 Å². The van der Waals surface area contributed by atoms with Gasteiger partial charge in [0.2, 0.25) is 0 Å². The van der Waals surface area contributed by atoms with Gasteiger partial charge in [-0.15, -0.1) is 0 Å². The monoisotopic (exact) mass is 276 g/mol. The molecule has 1 aromatic heterocycles. The second-order valence-electron chi connectivity index (χ2n) is 6.95. The van der Waals surface area contributed by atoms with Crippen LogP contribution in [0.15, 0.2) is 6.07 Å². The Labute approximate surface area is 122 Å². The van der Waals surface area contributed by atoms with Crippen LogP contribution in [-0.4, -0.2) is 23.1 Å². The van der Waals surface area contributed by atoms with E-state index in [2.05, 4.69) is 55.2 Å². The highest BCUT2D eigenvalue weighted by molar-refractivity contribution is 5.48. The van der Waals surface area contributed by atoms with E-state index in [0.29, 0.717) is 17.3 Å². The Morgan fingerprint density at radius 2 is 1.80 bits per heavy atom. The predicted octanol–water partition coefficient (Wildman–Crippen LogP) is 3.88. The van der Waals surface area contributed by atoms with Gasteiger partial charge >= 0.3 is 0 Å². The van der Waals surface area contributed by atoms with Crippen LogP contribution in [-0.2, 0) is 0 Å². The van der Waals surface area contributed by atoms with Crippen LogP contribution in [0, 0.1) is 11.3 Å². The number of hydrogen-bond donors (Lipinski definition) is 2. The minimum atomic E-state index is 0.309. The highest BCUT2D eigenvalue weighted by Crippen LogP contribution is 2.38. The fourth-order valence-corrected chi connectivity index (χ4v) is 1.92. The topological polar surface area (TPSA) is 49.8 Å². The molecule has 1 aliphatic rings. The molecule has 1 atom stereocenters. The van der Waals surface area contributed by atoms with E-state index >= 15 is 0 Å². The van der Waals surface area contributed by atoms with Crippen molar-refractivity contribution in [2.75, 3.05) is 23.7 Å². The maximum Gasteiger partial charge on any atom is 0.136 e. The molecule has 4 heteroatoms. The van der Waals surface area contributed by atoms with Crippen molar-refractivity contribution in [1.29, 1.82) is 0 Å². The Kier molecular flexibility index (Phi) is 4.51. The SMILES string of the molecule is CCNc1cc(NCC(C)C(C)(C)C)nc(C2CC2)n1. The second kappa shape index (κ2) is 5.98. The first-order chi connectivity index (χ1) is 9.40. The molecule has 0 aliphatic heterocycles. The van der Waals surface area contributed by atoms with E-state index in [-0.39, 0.29) is 0 Å². The van der Waals surface area contributed by atoms with Crippen LogP contribution in [0.3, 0.4) is 0 Å². The van der Waals surface area contributed by atoms with Gasteiger partial charge in [0.15, 0.2) is 0 Å². The first kappa shape index (κ1) is 15.1. The molecule has 0 saturated heterocycles. The third-order valence-corrected chi connectivity index (χ3v) is 4.11. The Bertz CT molecular complexity index is 446. The zero-order chi connectivity index (χ0) is 14.8. The van der Waals surface area contributed by atoms with Crippen LogP contribution >= 0.6 is 0 Å². The zero-order valence-electron chi connectivity index (χ0n) is 13.5. The lowest BCUT2D eigenvalue weighted by Crippen LogP contribution is -2.25. The maximum absolute atomic E-state index is 4.67. The van der Waals surface area contributed by atoms with E-state index in [1.165, 1.54) is 12.8 Å². The fourth-order valence-electron chi connectivity index (χ4n) is 1.92. The molecule has 0 spiro atoms. The summed E-state index contributed by atoms with van der Waals surface area (Å²) >= 11 is 0. The molecule has 1 heterocycles. The minimum Gasteiger partial charge on any atom is -0.370 e. The number of rotatable bonds is 6. The van der Waals surface area contributed by atoms with E-state index in [9.17, 15) is 0 Å². The van der Waals surface area contributed by atoms with Gasteiger partial charge in [-0.2, -0.15) is 0 Å². The summed E-state index contributed by atoms with van der Waals surface area (Å²) < 4.78 is 0. The molecule has 0 aromatic carbocycles. The average Bonchev–Trinajstić information content (AvgIpc) is 3.19. The number of hydrogen-bond acceptors (Lipinski definition) is 4. The third-order valence-electron chi connectivity index (χ3n) is 4.11. The molecule has 20 heavy (non-hydrogen) atoms. The summed E-state index contributed by atoms with van der Waals surface area (Å²) in [5.41, 5.74) is 0.309. The molecule has 1 fully saturated rings. The van der Waals surface area contributed by atoms with E-state index in [4.69, 9.17) is 0 Å². The molecule has 0 amide bonds. The molecule has 1 unspecified atom stereocenters. The molecule has 0 radical (unpaired) electrons. The highest BCUT2D eigenvalue weighted by atomic mass is 15.1. The van der Waals surface area contributed by atoms with Crippen LogP contribution in [0.2, 0.25) is 0 Å². The fraction of sp³-hybridized carbons (Fsp3) is 0.750. The molecule has 1 aromatic rings. The van der Waals surface area contributed by atoms with Crippen molar-refractivity contribution in [3.8, 4) is 0 Å². The molecule has 4 nitrogen and oxygen atoms in total. The quantitative estimate of drug-likeness (QED) is 0.828. The summed E-state index contributed by atoms with van der Waals surface area (Å²) in [4.78, 5) is 9.27. The normalized spacial score (nSPS) is 16.9. The predicted molar refractivity (Wildman–Crippen MR) is 85.3 cm³/mol. The minimum absolute atomic E-state index is 0.309. The Morgan fingerprint density at radius 1 is 1.20 bits per heavy atom. The molecule has 0 bridgehead atoms. The van der Waals surface area contributed by atoms with Gasteiger partial charge in [0.1, 0.15) is 17.5 Å². The molecular weight excluding hydrogens is 248 g/mol. The van der Waals surface area contributed by atoms with Gasteiger partial charge in [0.05, 0.1) is 0 Å². The summed E-state index contributed by atoms with van der Waals surface area (Å²) in [5, 5.41) is 6.78. The summed E-state index contributed by atoms with van der Waals surface area (Å²) in [6.45, 7) is 13.0. The van der Waals surface area contributed by atoms with Gasteiger partial charge in [-0.3, -0.25) is 0 Å². The lowest BCUT2D eigenvalue weighted by Gasteiger charge is -2.27. The smallest absolute Gasteiger partial charge is 0.136 e. The van der Waals surface area contributed by atoms with Crippen LogP contribution in [0.5, 0.6) is 0 Å². The van der Waals surface area contributed by atoms with Gasteiger partial charge in [0, 0.05) is 25.1 Å². The molecule has 2 N–H and O–H groups in total. The maximum atomic E-state index is 4.67. The van der Waals surface area contributed by atoms with Gasteiger partial charge < -0.3 is 10.6 Å². The molecular formula is C16H28N4. The average molecular weight is 276 g/mol. The third kappa shape index (κ3) is 4.09. The number of nitrogens with zero attached hydrogens (tertiary/aromatic N) is 2. The molecule has 2 rings (SSSR count). The van der Waals surface area contributed by atoms with Crippen molar-refractivity contribution in [1.82, 2.24) is 9.97 Å². The van der Waals surface area contributed by atoms with Crippen molar-refractivity contribution >= 4 is 11.6 Å². The first-order valence-electron chi connectivity index (χ1n) is 7.77. The van der Waals surface area contributed by atoms with Gasteiger partial charge in [-0.05, 0) is 31.1 Å². The van der Waals surface area contributed by atoms with Gasteiger partial charge in [-0.25, -0.2) is 9.97 Å². The molecule has 1 aliphatic carbocycles. The zero-order valence-corrected chi connectivity index (χ0v) is 13.5. The highest BCUT2D eigenvalue weighted by Gasteiger charge is 2.27. The Hall–Kier alpha value is -1.32.